The third-order valence-electron chi connectivity index (χ3n) is 3.41. The summed E-state index contributed by atoms with van der Waals surface area (Å²) >= 11 is 0. The molecule has 0 fully saturated rings. The van der Waals surface area contributed by atoms with E-state index in [2.05, 4.69) is 6.58 Å². The number of hydrogen-bond donors (Lipinski definition) is 0. The third-order valence-corrected chi connectivity index (χ3v) is 5.10. The Kier molecular flexibility index (Phi) is 7.51. The van der Waals surface area contributed by atoms with Crippen molar-refractivity contribution < 1.29 is 23.0 Å². The van der Waals surface area contributed by atoms with Crippen molar-refractivity contribution in [2.75, 3.05) is 19.8 Å². The summed E-state index contributed by atoms with van der Waals surface area (Å²) in [4.78, 5) is 12.0. The van der Waals surface area contributed by atoms with Crippen LogP contribution in [0.15, 0.2) is 49.1 Å². The van der Waals surface area contributed by atoms with Crippen molar-refractivity contribution in [3.63, 3.8) is 0 Å². The van der Waals surface area contributed by atoms with Gasteiger partial charge in [-0.05, 0) is 48.4 Å². The predicted octanol–water partition coefficient (Wildman–Crippen LogP) is 5.54. The molecule has 0 heterocycles. The molecule has 0 aliphatic rings. The van der Waals surface area contributed by atoms with E-state index in [9.17, 15) is 9.18 Å². The highest BCUT2D eigenvalue weighted by atomic mass is 31.2. The Hall–Kier alpha value is -1.81. The van der Waals surface area contributed by atoms with Crippen LogP contribution in [-0.2, 0) is 13.8 Å². The van der Waals surface area contributed by atoms with Gasteiger partial charge in [-0.2, -0.15) is 0 Å². The van der Waals surface area contributed by atoms with Gasteiger partial charge in [0.2, 0.25) is 8.38 Å². The number of benzene rings is 2. The molecular weight excluding hydrogens is 342 g/mol. The molecule has 2 aromatic carbocycles. The molecule has 0 radical (unpaired) electrons. The number of carbonyl (C=O) groups is 1. The van der Waals surface area contributed by atoms with E-state index in [0.29, 0.717) is 24.3 Å². The second-order valence-electron chi connectivity index (χ2n) is 5.17. The fourth-order valence-electron chi connectivity index (χ4n) is 2.30. The summed E-state index contributed by atoms with van der Waals surface area (Å²) in [6, 6.07) is 10.5. The number of hydrogen-bond acceptors (Lipinski definition) is 4. The highest BCUT2D eigenvalue weighted by Gasteiger charge is 2.25. The van der Waals surface area contributed by atoms with Crippen LogP contribution in [0.5, 0.6) is 0 Å². The Labute approximate surface area is 148 Å². The van der Waals surface area contributed by atoms with Crippen molar-refractivity contribution in [2.24, 2.45) is 0 Å². The van der Waals surface area contributed by atoms with Crippen molar-refractivity contribution in [1.82, 2.24) is 0 Å². The molecule has 0 spiro atoms. The normalized spacial score (nSPS) is 12.3. The van der Waals surface area contributed by atoms with Crippen LogP contribution in [0.2, 0.25) is 0 Å². The van der Waals surface area contributed by atoms with Crippen molar-refractivity contribution in [3.05, 3.63) is 60.2 Å². The summed E-state index contributed by atoms with van der Waals surface area (Å²) in [5.41, 5.74) is 0.885. The van der Waals surface area contributed by atoms with Gasteiger partial charge in [-0.3, -0.25) is 0 Å². The number of fused-ring (bicyclic) bond motifs is 1. The molecule has 4 nitrogen and oxygen atoms in total. The molecule has 0 bridgehead atoms. The summed E-state index contributed by atoms with van der Waals surface area (Å²) in [6.07, 6.45) is 1.51. The van der Waals surface area contributed by atoms with Gasteiger partial charge in [0.25, 0.3) is 0 Å². The lowest BCUT2D eigenvalue weighted by Gasteiger charge is -2.20. The average Bonchev–Trinajstić information content (AvgIpc) is 2.64. The average molecular weight is 364 g/mol. The van der Waals surface area contributed by atoms with Crippen LogP contribution in [0, 0.1) is 0 Å². The minimum atomic E-state index is -1.65. The molecule has 6 heteroatoms. The van der Waals surface area contributed by atoms with Crippen LogP contribution in [0.4, 0.5) is 4.39 Å². The van der Waals surface area contributed by atoms with E-state index in [-0.39, 0.29) is 6.61 Å². The largest absolute Gasteiger partial charge is 0.458 e. The Morgan fingerprint density at radius 3 is 2.48 bits per heavy atom. The molecule has 0 saturated carbocycles. The topological polar surface area (TPSA) is 44.8 Å². The molecule has 1 atom stereocenters. The lowest BCUT2D eigenvalue weighted by atomic mass is 10.0. The maximum absolute atomic E-state index is 14.8. The molecule has 0 saturated heterocycles. The van der Waals surface area contributed by atoms with E-state index in [1.165, 1.54) is 6.08 Å². The Bertz CT molecular complexity index is 728. The molecule has 0 aliphatic carbocycles. The number of ether oxygens (including phenoxy) is 1. The summed E-state index contributed by atoms with van der Waals surface area (Å²) < 4.78 is 30.6. The summed E-state index contributed by atoms with van der Waals surface area (Å²) in [6.45, 7) is 8.05. The zero-order chi connectivity index (χ0) is 18.2. The summed E-state index contributed by atoms with van der Waals surface area (Å²) in [5, 5.41) is 1.67. The van der Waals surface area contributed by atoms with Gasteiger partial charge in [0.1, 0.15) is 6.61 Å². The highest BCUT2D eigenvalue weighted by Crippen LogP contribution is 2.54. The molecule has 2 rings (SSSR count). The molecule has 25 heavy (non-hydrogen) atoms. The molecule has 0 N–H and O–H groups in total. The Balaban J connectivity index is 2.29. The van der Waals surface area contributed by atoms with Gasteiger partial charge in [0.05, 0.1) is 18.8 Å². The van der Waals surface area contributed by atoms with E-state index >= 15 is 0 Å². The first kappa shape index (κ1) is 19.5. The van der Waals surface area contributed by atoms with Crippen LogP contribution in [0.25, 0.3) is 10.8 Å². The lowest BCUT2D eigenvalue weighted by Crippen LogP contribution is -2.04. The standard InChI is InChI=1S/C19H22FO4P/c1-4-11-22-19(21)16-10-8-14-7-9-15(12-17(14)13-16)18(20)25(23-5-2)24-6-3/h4,7-10,12-13,18H,1,5-6,11H2,2-3H3. The van der Waals surface area contributed by atoms with Gasteiger partial charge in [-0.1, -0.05) is 30.9 Å². The first-order valence-corrected chi connectivity index (χ1v) is 9.36. The van der Waals surface area contributed by atoms with E-state index in [1.54, 1.807) is 24.3 Å². The first-order chi connectivity index (χ1) is 12.1. The molecule has 2 aromatic rings. The number of carbonyl (C=O) groups excluding carboxylic acids is 1. The summed E-state index contributed by atoms with van der Waals surface area (Å²) in [7, 11) is -1.65. The smallest absolute Gasteiger partial charge is 0.338 e. The zero-order valence-electron chi connectivity index (χ0n) is 14.4. The van der Waals surface area contributed by atoms with Gasteiger partial charge >= 0.3 is 5.97 Å². The van der Waals surface area contributed by atoms with Crippen LogP contribution in [0.1, 0.15) is 35.7 Å². The minimum Gasteiger partial charge on any atom is -0.458 e. The third kappa shape index (κ3) is 5.08. The summed E-state index contributed by atoms with van der Waals surface area (Å²) in [5.74, 6) is -1.79. The molecule has 1 unspecified atom stereocenters. The van der Waals surface area contributed by atoms with E-state index < -0.39 is 20.3 Å². The predicted molar refractivity (Wildman–Crippen MR) is 98.4 cm³/mol. The molecular formula is C19H22FO4P. The van der Waals surface area contributed by atoms with E-state index in [0.717, 1.165) is 10.8 Å². The number of halogens is 1. The second-order valence-corrected chi connectivity index (χ2v) is 6.71. The van der Waals surface area contributed by atoms with Crippen LogP contribution in [-0.4, -0.2) is 25.8 Å². The fraction of sp³-hybridized carbons (Fsp3) is 0.316. The van der Waals surface area contributed by atoms with E-state index in [4.69, 9.17) is 13.8 Å². The van der Waals surface area contributed by atoms with E-state index in [1.807, 2.05) is 26.0 Å². The number of rotatable bonds is 9. The number of esters is 1. The van der Waals surface area contributed by atoms with Crippen LogP contribution >= 0.6 is 8.38 Å². The fourth-order valence-corrected chi connectivity index (χ4v) is 3.55. The van der Waals surface area contributed by atoms with Crippen LogP contribution in [0.3, 0.4) is 0 Å². The lowest BCUT2D eigenvalue weighted by molar-refractivity contribution is 0.0550. The van der Waals surface area contributed by atoms with Gasteiger partial charge in [-0.25, -0.2) is 9.18 Å². The molecule has 0 aliphatic heterocycles. The van der Waals surface area contributed by atoms with Gasteiger partial charge in [-0.15, -0.1) is 0 Å². The highest BCUT2D eigenvalue weighted by molar-refractivity contribution is 7.47. The molecule has 0 amide bonds. The van der Waals surface area contributed by atoms with Gasteiger partial charge in [0.15, 0.2) is 5.91 Å². The van der Waals surface area contributed by atoms with Gasteiger partial charge < -0.3 is 13.8 Å². The van der Waals surface area contributed by atoms with Crippen molar-refractivity contribution in [3.8, 4) is 0 Å². The Morgan fingerprint density at radius 2 is 1.84 bits per heavy atom. The first-order valence-electron chi connectivity index (χ1n) is 8.11. The molecule has 134 valence electrons. The molecule has 0 aromatic heterocycles. The monoisotopic (exact) mass is 364 g/mol. The SMILES string of the molecule is C=CCOC(=O)c1ccc2ccc(C(F)P(OCC)OCC)cc2c1. The van der Waals surface area contributed by atoms with Crippen molar-refractivity contribution in [2.45, 2.75) is 19.8 Å². The van der Waals surface area contributed by atoms with Gasteiger partial charge in [0, 0.05) is 0 Å². The maximum atomic E-state index is 14.8. The zero-order valence-corrected chi connectivity index (χ0v) is 15.3. The quantitative estimate of drug-likeness (QED) is 0.333. The van der Waals surface area contributed by atoms with Crippen molar-refractivity contribution >= 4 is 25.1 Å². The Morgan fingerprint density at radius 1 is 1.16 bits per heavy atom. The minimum absolute atomic E-state index is 0.149. The van der Waals surface area contributed by atoms with Crippen molar-refractivity contribution in [1.29, 1.82) is 0 Å². The number of alkyl halides is 1. The maximum Gasteiger partial charge on any atom is 0.338 e. The van der Waals surface area contributed by atoms with Crippen LogP contribution < -0.4 is 0 Å². The second kappa shape index (κ2) is 9.62.